The van der Waals surface area contributed by atoms with E-state index in [1.165, 1.54) is 47.7 Å². The Balaban J connectivity index is 2.04. The largest absolute Gasteiger partial charge is 0.316 e. The maximum Gasteiger partial charge on any atom is 0.279 e. The fourth-order valence-corrected chi connectivity index (χ4v) is 4.64. The summed E-state index contributed by atoms with van der Waals surface area (Å²) in [6.45, 7) is 3.90. The highest BCUT2D eigenvalue weighted by atomic mass is 32.2. The molecule has 0 radical (unpaired) electrons. The number of carbonyl (C=O) groups is 1. The first-order chi connectivity index (χ1) is 13.3. The summed E-state index contributed by atoms with van der Waals surface area (Å²) in [7, 11) is -3.34. The lowest BCUT2D eigenvalue weighted by Crippen LogP contribution is -2.16. The number of aromatic nitrogens is 1. The van der Waals surface area contributed by atoms with Crippen molar-refractivity contribution < 1.29 is 18.1 Å². The predicted molar refractivity (Wildman–Crippen MR) is 106 cm³/mol. The van der Waals surface area contributed by atoms with E-state index in [2.05, 4.69) is 4.99 Å². The van der Waals surface area contributed by atoms with E-state index in [1.807, 2.05) is 6.92 Å². The zero-order chi connectivity index (χ0) is 20.5. The van der Waals surface area contributed by atoms with Crippen LogP contribution in [0.4, 0.5) is 5.69 Å². The first kappa shape index (κ1) is 19.9. The second-order valence-corrected chi connectivity index (χ2v) is 9.17. The standard InChI is InChI=1S/C18H17N3O5S2/c1-3-20-15-11-13(21(23)24)7-10-16(15)27-18(20)19-17(22)12-5-8-14(9-6-12)28(25,26)4-2/h5-11H,3-4H2,1-2H3. The molecule has 0 atom stereocenters. The normalized spacial score (nSPS) is 12.4. The minimum Gasteiger partial charge on any atom is -0.316 e. The van der Waals surface area contributed by atoms with Gasteiger partial charge in [-0.2, -0.15) is 4.99 Å². The maximum absolute atomic E-state index is 12.5. The fraction of sp³-hybridized carbons (Fsp3) is 0.222. The van der Waals surface area contributed by atoms with Crippen LogP contribution in [0.1, 0.15) is 24.2 Å². The number of hydrogen-bond acceptors (Lipinski definition) is 6. The predicted octanol–water partition coefficient (Wildman–Crippen LogP) is 3.17. The van der Waals surface area contributed by atoms with Crippen molar-refractivity contribution in [3.8, 4) is 0 Å². The molecule has 0 saturated heterocycles. The van der Waals surface area contributed by atoms with Gasteiger partial charge in [-0.05, 0) is 37.3 Å². The molecule has 28 heavy (non-hydrogen) atoms. The zero-order valence-electron chi connectivity index (χ0n) is 15.2. The highest BCUT2D eigenvalue weighted by molar-refractivity contribution is 7.91. The Hall–Kier alpha value is -2.85. The Kier molecular flexibility index (Phi) is 5.43. The zero-order valence-corrected chi connectivity index (χ0v) is 16.8. The van der Waals surface area contributed by atoms with Crippen LogP contribution >= 0.6 is 11.3 Å². The summed E-state index contributed by atoms with van der Waals surface area (Å²) < 4.78 is 26.3. The average molecular weight is 419 g/mol. The van der Waals surface area contributed by atoms with Gasteiger partial charge in [0.1, 0.15) is 0 Å². The van der Waals surface area contributed by atoms with E-state index >= 15 is 0 Å². The molecule has 0 aliphatic carbocycles. The number of nitro benzene ring substituents is 1. The van der Waals surface area contributed by atoms with Gasteiger partial charge < -0.3 is 4.57 Å². The van der Waals surface area contributed by atoms with Gasteiger partial charge in [0, 0.05) is 24.2 Å². The third-order valence-corrected chi connectivity index (χ3v) is 7.04. The Morgan fingerprint density at radius 1 is 1.18 bits per heavy atom. The molecule has 2 aromatic carbocycles. The summed E-state index contributed by atoms with van der Waals surface area (Å²) >= 11 is 1.26. The molecule has 3 aromatic rings. The number of amides is 1. The number of carbonyl (C=O) groups excluding carboxylic acids is 1. The molecular weight excluding hydrogens is 402 g/mol. The summed E-state index contributed by atoms with van der Waals surface area (Å²) in [5.74, 6) is -0.529. The number of nitrogens with zero attached hydrogens (tertiary/aromatic N) is 3. The second-order valence-electron chi connectivity index (χ2n) is 5.88. The number of hydrogen-bond donors (Lipinski definition) is 0. The Morgan fingerprint density at radius 2 is 1.86 bits per heavy atom. The van der Waals surface area contributed by atoms with Crippen LogP contribution in [0.2, 0.25) is 0 Å². The molecule has 10 heteroatoms. The van der Waals surface area contributed by atoms with Crippen LogP contribution < -0.4 is 4.80 Å². The highest BCUT2D eigenvalue weighted by Crippen LogP contribution is 2.23. The van der Waals surface area contributed by atoms with Gasteiger partial charge in [-0.25, -0.2) is 8.42 Å². The second kappa shape index (κ2) is 7.64. The third-order valence-electron chi connectivity index (χ3n) is 4.23. The Bertz CT molecular complexity index is 1240. The van der Waals surface area contributed by atoms with E-state index in [0.717, 1.165) is 4.70 Å². The minimum atomic E-state index is -3.34. The lowest BCUT2D eigenvalue weighted by atomic mass is 10.2. The van der Waals surface area contributed by atoms with Crippen LogP contribution in [0.5, 0.6) is 0 Å². The Labute approximate surface area is 164 Å². The van der Waals surface area contributed by atoms with Gasteiger partial charge in [0.2, 0.25) is 0 Å². The van der Waals surface area contributed by atoms with Crippen molar-refractivity contribution in [2.75, 3.05) is 5.75 Å². The number of non-ortho nitro benzene ring substituents is 1. The topological polar surface area (TPSA) is 112 Å². The summed E-state index contributed by atoms with van der Waals surface area (Å²) in [4.78, 5) is 27.8. The number of rotatable bonds is 5. The monoisotopic (exact) mass is 419 g/mol. The van der Waals surface area contributed by atoms with Crippen molar-refractivity contribution >= 4 is 43.0 Å². The van der Waals surface area contributed by atoms with E-state index in [1.54, 1.807) is 17.6 Å². The molecule has 0 aliphatic rings. The van der Waals surface area contributed by atoms with Crippen molar-refractivity contribution in [1.29, 1.82) is 0 Å². The van der Waals surface area contributed by atoms with Gasteiger partial charge in [-0.3, -0.25) is 14.9 Å². The van der Waals surface area contributed by atoms with Gasteiger partial charge >= 0.3 is 0 Å². The quantitative estimate of drug-likeness (QED) is 0.466. The Morgan fingerprint density at radius 3 is 2.43 bits per heavy atom. The number of fused-ring (bicyclic) bond motifs is 1. The SMILES string of the molecule is CCn1c(=NC(=O)c2ccc(S(=O)(=O)CC)cc2)sc2ccc([N+](=O)[O-])cc21. The van der Waals surface area contributed by atoms with Crippen LogP contribution in [0.3, 0.4) is 0 Å². The van der Waals surface area contributed by atoms with Gasteiger partial charge in [0.25, 0.3) is 11.6 Å². The molecule has 1 heterocycles. The molecule has 0 spiro atoms. The van der Waals surface area contributed by atoms with Crippen molar-refractivity contribution in [2.24, 2.45) is 4.99 Å². The van der Waals surface area contributed by atoms with E-state index in [9.17, 15) is 23.3 Å². The molecule has 0 fully saturated rings. The summed E-state index contributed by atoms with van der Waals surface area (Å²) in [5, 5.41) is 11.0. The lowest BCUT2D eigenvalue weighted by molar-refractivity contribution is -0.384. The van der Waals surface area contributed by atoms with Crippen molar-refractivity contribution in [1.82, 2.24) is 4.57 Å². The van der Waals surface area contributed by atoms with Gasteiger partial charge in [-0.15, -0.1) is 0 Å². The molecule has 146 valence electrons. The maximum atomic E-state index is 12.5. The smallest absolute Gasteiger partial charge is 0.279 e. The van der Waals surface area contributed by atoms with Gasteiger partial charge in [0.15, 0.2) is 14.6 Å². The van der Waals surface area contributed by atoms with Crippen molar-refractivity contribution in [3.05, 3.63) is 62.9 Å². The number of aryl methyl sites for hydroxylation is 1. The lowest BCUT2D eigenvalue weighted by Gasteiger charge is -2.02. The van der Waals surface area contributed by atoms with E-state index in [4.69, 9.17) is 0 Å². The first-order valence-corrected chi connectivity index (χ1v) is 10.9. The number of nitro groups is 1. The van der Waals surface area contributed by atoms with Crippen LogP contribution in [0.15, 0.2) is 52.4 Å². The van der Waals surface area contributed by atoms with Crippen molar-refractivity contribution in [3.63, 3.8) is 0 Å². The average Bonchev–Trinajstić information content (AvgIpc) is 3.03. The molecule has 0 bridgehead atoms. The molecule has 0 saturated carbocycles. The van der Waals surface area contributed by atoms with Crippen LogP contribution in [-0.4, -0.2) is 29.6 Å². The van der Waals surface area contributed by atoms with Crippen LogP contribution in [0, 0.1) is 10.1 Å². The van der Waals surface area contributed by atoms with E-state index in [0.29, 0.717) is 16.9 Å². The third kappa shape index (κ3) is 3.73. The molecule has 0 aliphatic heterocycles. The van der Waals surface area contributed by atoms with Crippen LogP contribution in [-0.2, 0) is 16.4 Å². The minimum absolute atomic E-state index is 0.0188. The summed E-state index contributed by atoms with van der Waals surface area (Å²) in [5.41, 5.74) is 0.872. The first-order valence-electron chi connectivity index (χ1n) is 8.46. The van der Waals surface area contributed by atoms with Gasteiger partial charge in [0.05, 0.1) is 25.8 Å². The van der Waals surface area contributed by atoms with Gasteiger partial charge in [-0.1, -0.05) is 18.3 Å². The molecule has 0 N–H and O–H groups in total. The molecule has 0 unspecified atom stereocenters. The molecule has 1 amide bonds. The summed E-state index contributed by atoms with van der Waals surface area (Å²) in [6, 6.07) is 10.2. The number of thiazole rings is 1. The summed E-state index contributed by atoms with van der Waals surface area (Å²) in [6.07, 6.45) is 0. The molecule has 1 aromatic heterocycles. The highest BCUT2D eigenvalue weighted by Gasteiger charge is 2.14. The fourth-order valence-electron chi connectivity index (χ4n) is 2.68. The molecule has 8 nitrogen and oxygen atoms in total. The van der Waals surface area contributed by atoms with Crippen molar-refractivity contribution in [2.45, 2.75) is 25.3 Å². The van der Waals surface area contributed by atoms with E-state index < -0.39 is 20.7 Å². The van der Waals surface area contributed by atoms with Crippen LogP contribution in [0.25, 0.3) is 10.2 Å². The molecular formula is C18H17N3O5S2. The number of benzene rings is 2. The van der Waals surface area contributed by atoms with E-state index in [-0.39, 0.29) is 21.9 Å². The number of sulfone groups is 1. The molecule has 3 rings (SSSR count).